The van der Waals surface area contributed by atoms with Crippen LogP contribution in [-0.4, -0.2) is 17.5 Å². The van der Waals surface area contributed by atoms with Crippen molar-refractivity contribution in [2.24, 2.45) is 16.2 Å². The standard InChI is InChI=1S/C17H17F2NO3/c1-15(2)16(3)6-7-17(15,13(22)12(16)21)14(23)20-11-8-9(18)4-5-10(11)19/h4-5,8H,6-7H2,1-3H3,(H,20,23)/t16-,17-/m0/s1. The molecule has 2 aliphatic carbocycles. The summed E-state index contributed by atoms with van der Waals surface area (Å²) in [6.07, 6.45) is 0.646. The third-order valence-electron chi connectivity index (χ3n) is 6.11. The average molecular weight is 321 g/mol. The van der Waals surface area contributed by atoms with Gasteiger partial charge in [-0.1, -0.05) is 20.8 Å². The molecule has 23 heavy (non-hydrogen) atoms. The van der Waals surface area contributed by atoms with Gasteiger partial charge in [0.1, 0.15) is 17.0 Å². The number of nitrogens with one attached hydrogen (secondary N) is 1. The third kappa shape index (κ3) is 1.66. The highest BCUT2D eigenvalue weighted by Gasteiger charge is 2.77. The Morgan fingerprint density at radius 3 is 2.30 bits per heavy atom. The second kappa shape index (κ2) is 4.46. The predicted octanol–water partition coefficient (Wildman–Crippen LogP) is 2.87. The molecule has 0 heterocycles. The zero-order valence-corrected chi connectivity index (χ0v) is 13.1. The molecule has 2 atom stereocenters. The van der Waals surface area contributed by atoms with Gasteiger partial charge in [-0.05, 0) is 30.4 Å². The summed E-state index contributed by atoms with van der Waals surface area (Å²) in [6.45, 7) is 5.12. The number of carbonyl (C=O) groups is 3. The van der Waals surface area contributed by atoms with Gasteiger partial charge in [0.2, 0.25) is 17.5 Å². The van der Waals surface area contributed by atoms with Crippen molar-refractivity contribution in [3.63, 3.8) is 0 Å². The average Bonchev–Trinajstić information content (AvgIpc) is 2.75. The van der Waals surface area contributed by atoms with Crippen molar-refractivity contribution in [3.05, 3.63) is 29.8 Å². The lowest BCUT2D eigenvalue weighted by Gasteiger charge is -2.37. The Morgan fingerprint density at radius 2 is 1.74 bits per heavy atom. The minimum Gasteiger partial charge on any atom is -0.323 e. The van der Waals surface area contributed by atoms with E-state index in [-0.39, 0.29) is 12.1 Å². The number of carbonyl (C=O) groups excluding carboxylic acids is 3. The van der Waals surface area contributed by atoms with Crippen molar-refractivity contribution in [2.75, 3.05) is 5.32 Å². The van der Waals surface area contributed by atoms with Crippen molar-refractivity contribution < 1.29 is 23.2 Å². The Bertz CT molecular complexity index is 758. The van der Waals surface area contributed by atoms with Gasteiger partial charge in [-0.25, -0.2) is 8.78 Å². The number of ketones is 2. The summed E-state index contributed by atoms with van der Waals surface area (Å²) < 4.78 is 27.0. The van der Waals surface area contributed by atoms with E-state index in [4.69, 9.17) is 0 Å². The maximum Gasteiger partial charge on any atom is 0.239 e. The smallest absolute Gasteiger partial charge is 0.239 e. The largest absolute Gasteiger partial charge is 0.323 e. The second-order valence-corrected chi connectivity index (χ2v) is 7.10. The molecular weight excluding hydrogens is 304 g/mol. The third-order valence-corrected chi connectivity index (χ3v) is 6.11. The molecule has 122 valence electrons. The molecule has 2 aliphatic rings. The summed E-state index contributed by atoms with van der Waals surface area (Å²) >= 11 is 0. The molecule has 0 radical (unpaired) electrons. The molecule has 4 nitrogen and oxygen atoms in total. The van der Waals surface area contributed by atoms with Crippen molar-refractivity contribution in [1.82, 2.24) is 0 Å². The highest BCUT2D eigenvalue weighted by Crippen LogP contribution is 2.69. The van der Waals surface area contributed by atoms with Gasteiger partial charge in [0.05, 0.1) is 5.69 Å². The number of rotatable bonds is 2. The van der Waals surface area contributed by atoms with E-state index >= 15 is 0 Å². The molecule has 1 aromatic carbocycles. The molecule has 0 aromatic heterocycles. The first-order chi connectivity index (χ1) is 10.6. The Hall–Kier alpha value is -2.11. The van der Waals surface area contributed by atoms with Gasteiger partial charge in [-0.3, -0.25) is 14.4 Å². The Morgan fingerprint density at radius 1 is 1.09 bits per heavy atom. The number of fused-ring (bicyclic) bond motifs is 2. The monoisotopic (exact) mass is 321 g/mol. The van der Waals surface area contributed by atoms with Crippen LogP contribution in [0.2, 0.25) is 0 Å². The molecule has 0 aliphatic heterocycles. The van der Waals surface area contributed by atoms with E-state index in [1.807, 2.05) is 0 Å². The molecule has 1 amide bonds. The van der Waals surface area contributed by atoms with Crippen molar-refractivity contribution in [1.29, 1.82) is 0 Å². The van der Waals surface area contributed by atoms with Gasteiger partial charge in [-0.15, -0.1) is 0 Å². The van der Waals surface area contributed by atoms with E-state index in [0.717, 1.165) is 18.2 Å². The first-order valence-corrected chi connectivity index (χ1v) is 7.44. The molecule has 1 aromatic rings. The van der Waals surface area contributed by atoms with E-state index in [2.05, 4.69) is 5.32 Å². The minimum absolute atomic E-state index is 0.226. The summed E-state index contributed by atoms with van der Waals surface area (Å²) in [5, 5.41) is 2.31. The van der Waals surface area contributed by atoms with Crippen molar-refractivity contribution in [2.45, 2.75) is 33.6 Å². The molecule has 3 rings (SSSR count). The van der Waals surface area contributed by atoms with Crippen LogP contribution < -0.4 is 5.32 Å². The highest BCUT2D eigenvalue weighted by molar-refractivity contribution is 6.49. The van der Waals surface area contributed by atoms with Gasteiger partial charge < -0.3 is 5.32 Å². The Balaban J connectivity index is 2.04. The van der Waals surface area contributed by atoms with Crippen LogP contribution in [0.25, 0.3) is 0 Å². The van der Waals surface area contributed by atoms with Crippen LogP contribution in [0, 0.1) is 27.9 Å². The van der Waals surface area contributed by atoms with Gasteiger partial charge >= 0.3 is 0 Å². The van der Waals surface area contributed by atoms with Crippen molar-refractivity contribution in [3.8, 4) is 0 Å². The van der Waals surface area contributed by atoms with Crippen LogP contribution in [0.1, 0.15) is 33.6 Å². The second-order valence-electron chi connectivity index (χ2n) is 7.10. The number of amides is 1. The van der Waals surface area contributed by atoms with Crippen LogP contribution in [-0.2, 0) is 14.4 Å². The van der Waals surface area contributed by atoms with E-state index in [0.29, 0.717) is 6.42 Å². The van der Waals surface area contributed by atoms with Crippen LogP contribution >= 0.6 is 0 Å². The molecule has 0 unspecified atom stereocenters. The van der Waals surface area contributed by atoms with Crippen LogP contribution in [0.5, 0.6) is 0 Å². The number of benzene rings is 1. The number of halogens is 2. The van der Waals surface area contributed by atoms with Crippen LogP contribution in [0.15, 0.2) is 18.2 Å². The Labute approximate surface area is 132 Å². The molecule has 6 heteroatoms. The van der Waals surface area contributed by atoms with Crippen LogP contribution in [0.3, 0.4) is 0 Å². The summed E-state index contributed by atoms with van der Waals surface area (Å²) in [5.74, 6) is -3.53. The fourth-order valence-corrected chi connectivity index (χ4v) is 4.10. The fourth-order valence-electron chi connectivity index (χ4n) is 4.10. The molecular formula is C17H17F2NO3. The summed E-state index contributed by atoms with van der Waals surface area (Å²) in [5.41, 5.74) is -3.65. The zero-order chi connectivity index (χ0) is 17.2. The summed E-state index contributed by atoms with van der Waals surface area (Å²) in [7, 11) is 0. The van der Waals surface area contributed by atoms with Gasteiger partial charge in [0, 0.05) is 11.5 Å². The summed E-state index contributed by atoms with van der Waals surface area (Å²) in [6, 6.07) is 2.69. The maximum absolute atomic E-state index is 13.8. The van der Waals surface area contributed by atoms with Crippen molar-refractivity contribution >= 4 is 23.2 Å². The summed E-state index contributed by atoms with van der Waals surface area (Å²) in [4.78, 5) is 37.6. The molecule has 1 N–H and O–H groups in total. The number of Topliss-reactive ketones (excluding diaryl/α,β-unsaturated/α-hetero) is 2. The predicted molar refractivity (Wildman–Crippen MR) is 78.6 cm³/mol. The molecule has 2 bridgehead atoms. The maximum atomic E-state index is 13.8. The number of hydrogen-bond acceptors (Lipinski definition) is 3. The van der Waals surface area contributed by atoms with E-state index < -0.39 is 45.4 Å². The molecule has 2 saturated carbocycles. The van der Waals surface area contributed by atoms with Gasteiger partial charge in [-0.2, -0.15) is 0 Å². The minimum atomic E-state index is -1.53. The normalized spacial score (nSPS) is 31.5. The topological polar surface area (TPSA) is 63.2 Å². The SMILES string of the molecule is CC1(C)[C@@]2(C(=O)Nc3cc(F)ccc3F)CC[C@@]1(C)C(=O)C2=O. The van der Waals surface area contributed by atoms with E-state index in [1.165, 1.54) is 0 Å². The number of anilines is 1. The molecule has 2 fully saturated rings. The van der Waals surface area contributed by atoms with E-state index in [1.54, 1.807) is 20.8 Å². The molecule has 0 spiro atoms. The molecule has 0 saturated heterocycles. The van der Waals surface area contributed by atoms with Crippen LogP contribution in [0.4, 0.5) is 14.5 Å². The lowest BCUT2D eigenvalue weighted by atomic mass is 9.64. The van der Waals surface area contributed by atoms with E-state index in [9.17, 15) is 23.2 Å². The highest BCUT2D eigenvalue weighted by atomic mass is 19.1. The number of hydrogen-bond donors (Lipinski definition) is 1. The Kier molecular flexibility index (Phi) is 3.06. The lowest BCUT2D eigenvalue weighted by molar-refractivity contribution is -0.147. The zero-order valence-electron chi connectivity index (χ0n) is 13.1. The first-order valence-electron chi connectivity index (χ1n) is 7.44. The van der Waals surface area contributed by atoms with Gasteiger partial charge in [0.25, 0.3) is 0 Å². The lowest BCUT2D eigenvalue weighted by Crippen LogP contribution is -2.47. The first kappa shape index (κ1) is 15.8. The fraction of sp³-hybridized carbons (Fsp3) is 0.471. The van der Waals surface area contributed by atoms with Gasteiger partial charge in [0.15, 0.2) is 0 Å². The quantitative estimate of drug-likeness (QED) is 0.673.